The number of ketones is 1. The molecule has 0 aromatic heterocycles. The monoisotopic (exact) mass is 316 g/mol. The van der Waals surface area contributed by atoms with E-state index in [4.69, 9.17) is 14.2 Å². The molecule has 0 saturated heterocycles. The van der Waals surface area contributed by atoms with Gasteiger partial charge in [-0.25, -0.2) is 0 Å². The molecule has 0 saturated carbocycles. The van der Waals surface area contributed by atoms with Gasteiger partial charge < -0.3 is 24.4 Å². The van der Waals surface area contributed by atoms with E-state index in [1.54, 1.807) is 31.4 Å². The Morgan fingerprint density at radius 3 is 2.39 bits per heavy atom. The van der Waals surface area contributed by atoms with Crippen molar-refractivity contribution in [2.45, 2.75) is 12.5 Å². The number of phenolic OH excluding ortho intramolecular Hbond substituents is 2. The first-order valence-electron chi connectivity index (χ1n) is 7.02. The minimum Gasteiger partial charge on any atom is -0.507 e. The normalized spacial score (nSPS) is 16.4. The Hall–Kier alpha value is -2.89. The van der Waals surface area contributed by atoms with Crippen molar-refractivity contribution in [3.05, 3.63) is 41.5 Å². The van der Waals surface area contributed by atoms with Gasteiger partial charge in [-0.1, -0.05) is 12.1 Å². The van der Waals surface area contributed by atoms with E-state index in [-0.39, 0.29) is 40.8 Å². The number of Topliss-reactive ketones (excluding diaryl/α,β-unsaturated/α-hetero) is 1. The molecule has 1 aliphatic heterocycles. The Morgan fingerprint density at radius 2 is 1.78 bits per heavy atom. The second-order valence-corrected chi connectivity index (χ2v) is 5.16. The van der Waals surface area contributed by atoms with Crippen LogP contribution in [0.1, 0.15) is 28.4 Å². The quantitative estimate of drug-likeness (QED) is 0.905. The lowest BCUT2D eigenvalue weighted by molar-refractivity contribution is 0.0836. The molecule has 1 heterocycles. The number of rotatable bonds is 3. The molecule has 0 aliphatic carbocycles. The van der Waals surface area contributed by atoms with Crippen molar-refractivity contribution >= 4 is 5.78 Å². The van der Waals surface area contributed by atoms with E-state index in [1.807, 2.05) is 0 Å². The maximum atomic E-state index is 12.4. The molecule has 1 aliphatic rings. The first kappa shape index (κ1) is 15.0. The molecule has 2 aromatic rings. The molecule has 2 N–H and O–H groups in total. The lowest BCUT2D eigenvalue weighted by atomic mass is 9.95. The summed E-state index contributed by atoms with van der Waals surface area (Å²) in [5, 5.41) is 19.8. The smallest absolute Gasteiger partial charge is 0.204 e. The standard InChI is InChI=1S/C17H16O6/c1-21-10-5-3-9(4-6-10)14-8-12(19)15-11(18)7-13(20)16(22-2)17(15)23-14/h3-7,14,18,20H,8H2,1-2H3/t14-/m0/s1. The van der Waals surface area contributed by atoms with Gasteiger partial charge in [-0.3, -0.25) is 4.79 Å². The number of hydrogen-bond acceptors (Lipinski definition) is 6. The summed E-state index contributed by atoms with van der Waals surface area (Å²) in [7, 11) is 2.93. The van der Waals surface area contributed by atoms with Gasteiger partial charge >= 0.3 is 0 Å². The minimum atomic E-state index is -0.531. The molecule has 6 nitrogen and oxygen atoms in total. The average molecular weight is 316 g/mol. The maximum Gasteiger partial charge on any atom is 0.204 e. The SMILES string of the molecule is COc1ccc([C@@H]2CC(=O)c3c(O)cc(O)c(OC)c3O2)cc1. The van der Waals surface area contributed by atoms with E-state index in [0.29, 0.717) is 5.75 Å². The van der Waals surface area contributed by atoms with Gasteiger partial charge in [0.2, 0.25) is 5.75 Å². The molecule has 0 unspecified atom stereocenters. The van der Waals surface area contributed by atoms with Crippen molar-refractivity contribution in [2.75, 3.05) is 14.2 Å². The minimum absolute atomic E-state index is 0.0318. The molecular formula is C17H16O6. The fraction of sp³-hybridized carbons (Fsp3) is 0.235. The number of ether oxygens (including phenoxy) is 3. The highest BCUT2D eigenvalue weighted by atomic mass is 16.5. The molecule has 6 heteroatoms. The zero-order chi connectivity index (χ0) is 16.6. The van der Waals surface area contributed by atoms with Crippen LogP contribution in [-0.4, -0.2) is 30.2 Å². The summed E-state index contributed by atoms with van der Waals surface area (Å²) in [5.41, 5.74) is 0.819. The molecular weight excluding hydrogens is 300 g/mol. The van der Waals surface area contributed by atoms with Crippen molar-refractivity contribution in [2.24, 2.45) is 0 Å². The lowest BCUT2D eigenvalue weighted by Gasteiger charge is -2.27. The highest BCUT2D eigenvalue weighted by Crippen LogP contribution is 2.49. The number of benzene rings is 2. The van der Waals surface area contributed by atoms with Crippen LogP contribution in [0.25, 0.3) is 0 Å². The van der Waals surface area contributed by atoms with Crippen LogP contribution in [0.2, 0.25) is 0 Å². The third kappa shape index (κ3) is 2.52. The van der Waals surface area contributed by atoms with E-state index < -0.39 is 6.10 Å². The predicted molar refractivity (Wildman–Crippen MR) is 81.6 cm³/mol. The van der Waals surface area contributed by atoms with E-state index in [1.165, 1.54) is 7.11 Å². The summed E-state index contributed by atoms with van der Waals surface area (Å²) in [4.78, 5) is 12.4. The number of carbonyl (C=O) groups excluding carboxylic acids is 1. The Balaban J connectivity index is 2.03. The number of fused-ring (bicyclic) bond motifs is 1. The lowest BCUT2D eigenvalue weighted by Crippen LogP contribution is -2.21. The number of carbonyl (C=O) groups is 1. The van der Waals surface area contributed by atoms with E-state index in [0.717, 1.165) is 11.6 Å². The molecule has 0 amide bonds. The summed E-state index contributed by atoms with van der Waals surface area (Å²) in [6.45, 7) is 0. The Kier molecular flexibility index (Phi) is 3.73. The number of phenols is 2. The highest BCUT2D eigenvalue weighted by Gasteiger charge is 2.34. The topological polar surface area (TPSA) is 85.2 Å². The van der Waals surface area contributed by atoms with Gasteiger partial charge in [0.15, 0.2) is 17.3 Å². The van der Waals surface area contributed by atoms with E-state index in [2.05, 4.69) is 0 Å². The van der Waals surface area contributed by atoms with Gasteiger partial charge in [-0.15, -0.1) is 0 Å². The molecule has 3 rings (SSSR count). The maximum absolute atomic E-state index is 12.4. The summed E-state index contributed by atoms with van der Waals surface area (Å²) < 4.78 is 16.1. The van der Waals surface area contributed by atoms with Crippen LogP contribution < -0.4 is 14.2 Å². The molecule has 23 heavy (non-hydrogen) atoms. The average Bonchev–Trinajstić information content (AvgIpc) is 2.54. The van der Waals surface area contributed by atoms with Crippen LogP contribution in [0.4, 0.5) is 0 Å². The number of methoxy groups -OCH3 is 2. The molecule has 1 atom stereocenters. The Bertz CT molecular complexity index is 751. The van der Waals surface area contributed by atoms with Crippen LogP contribution in [0, 0.1) is 0 Å². The van der Waals surface area contributed by atoms with Crippen LogP contribution >= 0.6 is 0 Å². The van der Waals surface area contributed by atoms with Crippen LogP contribution in [-0.2, 0) is 0 Å². The van der Waals surface area contributed by atoms with Crippen molar-refractivity contribution in [1.29, 1.82) is 0 Å². The fourth-order valence-electron chi connectivity index (χ4n) is 2.65. The Morgan fingerprint density at radius 1 is 1.09 bits per heavy atom. The van der Waals surface area contributed by atoms with E-state index in [9.17, 15) is 15.0 Å². The highest BCUT2D eigenvalue weighted by molar-refractivity contribution is 6.03. The fourth-order valence-corrected chi connectivity index (χ4v) is 2.65. The summed E-state index contributed by atoms with van der Waals surface area (Å²) in [6.07, 6.45) is -0.447. The second kappa shape index (κ2) is 5.72. The van der Waals surface area contributed by atoms with Crippen molar-refractivity contribution in [3.63, 3.8) is 0 Å². The van der Waals surface area contributed by atoms with Gasteiger partial charge in [0.25, 0.3) is 0 Å². The molecule has 2 aromatic carbocycles. The zero-order valence-electron chi connectivity index (χ0n) is 12.7. The van der Waals surface area contributed by atoms with Gasteiger partial charge in [0, 0.05) is 6.07 Å². The van der Waals surface area contributed by atoms with Gasteiger partial charge in [0.05, 0.1) is 20.6 Å². The van der Waals surface area contributed by atoms with Gasteiger partial charge in [-0.2, -0.15) is 0 Å². The number of hydrogen-bond donors (Lipinski definition) is 2. The third-order valence-corrected chi connectivity index (χ3v) is 3.80. The number of aromatic hydroxyl groups is 2. The summed E-state index contributed by atoms with van der Waals surface area (Å²) in [6, 6.07) is 8.23. The molecule has 120 valence electrons. The van der Waals surface area contributed by atoms with Crippen molar-refractivity contribution < 1.29 is 29.2 Å². The second-order valence-electron chi connectivity index (χ2n) is 5.16. The van der Waals surface area contributed by atoms with Crippen LogP contribution in [0.5, 0.6) is 28.7 Å². The largest absolute Gasteiger partial charge is 0.507 e. The molecule has 0 radical (unpaired) electrons. The molecule has 0 bridgehead atoms. The molecule has 0 spiro atoms. The van der Waals surface area contributed by atoms with E-state index >= 15 is 0 Å². The summed E-state index contributed by atoms with van der Waals surface area (Å²) in [5.74, 6) is -0.0955. The Labute approximate surface area is 132 Å². The molecule has 0 fully saturated rings. The third-order valence-electron chi connectivity index (χ3n) is 3.80. The predicted octanol–water partition coefficient (Wildman–Crippen LogP) is 2.82. The summed E-state index contributed by atoms with van der Waals surface area (Å²) >= 11 is 0. The van der Waals surface area contributed by atoms with Gasteiger partial charge in [-0.05, 0) is 17.7 Å². The zero-order valence-corrected chi connectivity index (χ0v) is 12.7. The van der Waals surface area contributed by atoms with Crippen molar-refractivity contribution in [1.82, 2.24) is 0 Å². The van der Waals surface area contributed by atoms with Crippen LogP contribution in [0.3, 0.4) is 0 Å². The van der Waals surface area contributed by atoms with Crippen molar-refractivity contribution in [3.8, 4) is 28.7 Å². The van der Waals surface area contributed by atoms with Gasteiger partial charge in [0.1, 0.15) is 23.2 Å². The van der Waals surface area contributed by atoms with Crippen LogP contribution in [0.15, 0.2) is 30.3 Å². The first-order valence-corrected chi connectivity index (χ1v) is 7.02. The first-order chi connectivity index (χ1) is 11.0.